The Bertz CT molecular complexity index is 677. The highest BCUT2D eigenvalue weighted by Crippen LogP contribution is 2.21. The maximum Gasteiger partial charge on any atom is 0.220 e. The third-order valence-corrected chi connectivity index (χ3v) is 4.23. The minimum absolute atomic E-state index is 0.00897. The van der Waals surface area contributed by atoms with Crippen molar-refractivity contribution in [2.75, 3.05) is 13.1 Å². The fraction of sp³-hybridized carbons (Fsp3) is 0.538. The summed E-state index contributed by atoms with van der Waals surface area (Å²) in [5.74, 6) is 0.462. The van der Waals surface area contributed by atoms with Crippen molar-refractivity contribution in [3.8, 4) is 0 Å². The van der Waals surface area contributed by atoms with E-state index < -0.39 is 0 Å². The van der Waals surface area contributed by atoms with Gasteiger partial charge >= 0.3 is 0 Å². The van der Waals surface area contributed by atoms with Crippen molar-refractivity contribution < 1.29 is 4.79 Å². The molecule has 1 aliphatic rings. The van der Waals surface area contributed by atoms with Crippen LogP contribution in [0.1, 0.15) is 18.7 Å². The zero-order valence-corrected chi connectivity index (χ0v) is 12.5. The molecule has 0 saturated carbocycles. The number of nitrogens with zero attached hydrogens (tertiary/aromatic N) is 5. The number of carbonyl (C=O) groups excluding carboxylic acids is 1. The van der Waals surface area contributed by atoms with Crippen molar-refractivity contribution in [2.45, 2.75) is 19.4 Å². The van der Waals surface area contributed by atoms with Crippen LogP contribution in [0.4, 0.5) is 0 Å². The Kier molecular flexibility index (Phi) is 3.77. The molecule has 7 nitrogen and oxygen atoms in total. The minimum Gasteiger partial charge on any atom is -0.369 e. The van der Waals surface area contributed by atoms with Crippen molar-refractivity contribution >= 4 is 28.5 Å². The lowest BCUT2D eigenvalue weighted by Crippen LogP contribution is -2.38. The van der Waals surface area contributed by atoms with Crippen LogP contribution in [0.2, 0.25) is 5.15 Å². The first-order chi connectivity index (χ1) is 10.0. The van der Waals surface area contributed by atoms with E-state index in [2.05, 4.69) is 20.0 Å². The van der Waals surface area contributed by atoms with Gasteiger partial charge < -0.3 is 5.73 Å². The summed E-state index contributed by atoms with van der Waals surface area (Å²) in [7, 11) is 1.83. The molecule has 8 heteroatoms. The molecule has 2 aromatic rings. The third kappa shape index (κ3) is 2.84. The van der Waals surface area contributed by atoms with Crippen LogP contribution >= 0.6 is 11.6 Å². The Morgan fingerprint density at radius 1 is 1.43 bits per heavy atom. The second-order valence-electron chi connectivity index (χ2n) is 5.39. The standard InChI is InChI=1S/C13H17ClN6O/c1-19-13-9(6-16-19)11(14)17-10(18-13)7-20-4-2-8(3-5-20)12(15)21/h6,8H,2-5,7H2,1H3,(H2,15,21). The number of primary amides is 1. The second kappa shape index (κ2) is 5.57. The maximum absolute atomic E-state index is 11.2. The van der Waals surface area contributed by atoms with Gasteiger partial charge in [0, 0.05) is 13.0 Å². The van der Waals surface area contributed by atoms with E-state index in [9.17, 15) is 4.79 Å². The van der Waals surface area contributed by atoms with E-state index in [-0.39, 0.29) is 11.8 Å². The summed E-state index contributed by atoms with van der Waals surface area (Å²) in [6, 6.07) is 0. The van der Waals surface area contributed by atoms with Gasteiger partial charge in [-0.1, -0.05) is 11.6 Å². The molecule has 1 fully saturated rings. The Morgan fingerprint density at radius 3 is 2.81 bits per heavy atom. The van der Waals surface area contributed by atoms with Gasteiger partial charge in [-0.3, -0.25) is 14.4 Å². The lowest BCUT2D eigenvalue weighted by atomic mass is 9.96. The van der Waals surface area contributed by atoms with Gasteiger partial charge in [0.1, 0.15) is 11.0 Å². The normalized spacial score (nSPS) is 17.4. The van der Waals surface area contributed by atoms with Gasteiger partial charge in [-0.2, -0.15) is 5.10 Å². The van der Waals surface area contributed by atoms with Crippen molar-refractivity contribution in [1.29, 1.82) is 0 Å². The van der Waals surface area contributed by atoms with Crippen LogP contribution in [0.25, 0.3) is 11.0 Å². The van der Waals surface area contributed by atoms with Gasteiger partial charge in [0.05, 0.1) is 18.1 Å². The van der Waals surface area contributed by atoms with Crippen molar-refractivity contribution in [3.05, 3.63) is 17.2 Å². The molecule has 2 N–H and O–H groups in total. The maximum atomic E-state index is 11.2. The zero-order chi connectivity index (χ0) is 15.0. The summed E-state index contributed by atoms with van der Waals surface area (Å²) in [5.41, 5.74) is 6.08. The van der Waals surface area contributed by atoms with E-state index in [0.29, 0.717) is 17.5 Å². The number of aromatic nitrogens is 4. The van der Waals surface area contributed by atoms with Crippen LogP contribution in [0.5, 0.6) is 0 Å². The lowest BCUT2D eigenvalue weighted by molar-refractivity contribution is -0.123. The summed E-state index contributed by atoms with van der Waals surface area (Å²) in [6.45, 7) is 2.25. The molecule has 21 heavy (non-hydrogen) atoms. The molecule has 3 heterocycles. The first-order valence-corrected chi connectivity index (χ1v) is 7.28. The van der Waals surface area contributed by atoms with Crippen LogP contribution in [0.15, 0.2) is 6.20 Å². The summed E-state index contributed by atoms with van der Waals surface area (Å²) in [4.78, 5) is 22.2. The quantitative estimate of drug-likeness (QED) is 0.844. The van der Waals surface area contributed by atoms with E-state index in [1.807, 2.05) is 7.05 Å². The fourth-order valence-corrected chi connectivity index (χ4v) is 2.91. The summed E-state index contributed by atoms with van der Waals surface area (Å²) < 4.78 is 1.69. The molecular formula is C13H17ClN6O. The highest BCUT2D eigenvalue weighted by atomic mass is 35.5. The number of piperidine rings is 1. The Hall–Kier alpha value is -1.73. The number of rotatable bonds is 3. The third-order valence-electron chi connectivity index (χ3n) is 3.95. The van der Waals surface area contributed by atoms with Gasteiger partial charge in [0.25, 0.3) is 0 Å². The number of likely N-dealkylation sites (tertiary alicyclic amines) is 1. The van der Waals surface area contributed by atoms with Gasteiger partial charge in [-0.05, 0) is 25.9 Å². The fourth-order valence-electron chi connectivity index (χ4n) is 2.68. The van der Waals surface area contributed by atoms with Crippen LogP contribution in [0.3, 0.4) is 0 Å². The van der Waals surface area contributed by atoms with Gasteiger partial charge in [0.2, 0.25) is 5.91 Å². The molecule has 0 radical (unpaired) electrons. The topological polar surface area (TPSA) is 89.9 Å². The van der Waals surface area contributed by atoms with E-state index in [1.165, 1.54) is 0 Å². The number of aryl methyl sites for hydroxylation is 1. The molecule has 2 aromatic heterocycles. The number of amides is 1. The van der Waals surface area contributed by atoms with Gasteiger partial charge in [0.15, 0.2) is 5.65 Å². The van der Waals surface area contributed by atoms with E-state index in [0.717, 1.165) is 37.0 Å². The molecule has 0 bridgehead atoms. The molecule has 3 rings (SSSR count). The lowest BCUT2D eigenvalue weighted by Gasteiger charge is -2.29. The van der Waals surface area contributed by atoms with E-state index in [1.54, 1.807) is 10.9 Å². The molecular weight excluding hydrogens is 292 g/mol. The molecule has 0 atom stereocenters. The number of hydrogen-bond acceptors (Lipinski definition) is 5. The smallest absolute Gasteiger partial charge is 0.220 e. The van der Waals surface area contributed by atoms with Crippen molar-refractivity contribution in [1.82, 2.24) is 24.6 Å². The predicted octanol–water partition coefficient (Wildman–Crippen LogP) is 0.714. The first kappa shape index (κ1) is 14.2. The largest absolute Gasteiger partial charge is 0.369 e. The highest BCUT2D eigenvalue weighted by Gasteiger charge is 2.23. The molecule has 112 valence electrons. The monoisotopic (exact) mass is 308 g/mol. The number of nitrogens with two attached hydrogens (primary N) is 1. The number of hydrogen-bond donors (Lipinski definition) is 1. The summed E-state index contributed by atoms with van der Waals surface area (Å²) in [5, 5.41) is 5.32. The molecule has 0 aliphatic carbocycles. The van der Waals surface area contributed by atoms with Crippen LogP contribution in [-0.4, -0.2) is 43.6 Å². The number of fused-ring (bicyclic) bond motifs is 1. The molecule has 0 aromatic carbocycles. The molecule has 1 aliphatic heterocycles. The van der Waals surface area contributed by atoms with Gasteiger partial charge in [-0.25, -0.2) is 9.97 Å². The zero-order valence-electron chi connectivity index (χ0n) is 11.8. The highest BCUT2D eigenvalue weighted by molar-refractivity contribution is 6.33. The van der Waals surface area contributed by atoms with Crippen LogP contribution in [0, 0.1) is 5.92 Å². The van der Waals surface area contributed by atoms with Crippen LogP contribution in [-0.2, 0) is 18.4 Å². The Balaban J connectivity index is 1.74. The average Bonchev–Trinajstić information content (AvgIpc) is 2.82. The summed E-state index contributed by atoms with van der Waals surface area (Å²) in [6.07, 6.45) is 3.24. The summed E-state index contributed by atoms with van der Waals surface area (Å²) >= 11 is 6.17. The minimum atomic E-state index is -0.203. The second-order valence-corrected chi connectivity index (χ2v) is 5.75. The SMILES string of the molecule is Cn1ncc2c(Cl)nc(CN3CCC(C(N)=O)CC3)nc21. The number of carbonyl (C=O) groups is 1. The average molecular weight is 309 g/mol. The van der Waals surface area contributed by atoms with Gasteiger partial charge in [-0.15, -0.1) is 0 Å². The van der Waals surface area contributed by atoms with E-state index >= 15 is 0 Å². The predicted molar refractivity (Wildman–Crippen MR) is 78.5 cm³/mol. The van der Waals surface area contributed by atoms with Crippen LogP contribution < -0.4 is 5.73 Å². The molecule has 1 saturated heterocycles. The number of halogens is 1. The Morgan fingerprint density at radius 2 is 2.14 bits per heavy atom. The first-order valence-electron chi connectivity index (χ1n) is 6.90. The molecule has 1 amide bonds. The molecule has 0 spiro atoms. The Labute approximate surface area is 127 Å². The van der Waals surface area contributed by atoms with Crippen molar-refractivity contribution in [3.63, 3.8) is 0 Å². The van der Waals surface area contributed by atoms with E-state index in [4.69, 9.17) is 17.3 Å². The molecule has 0 unspecified atom stereocenters. The van der Waals surface area contributed by atoms with Crippen molar-refractivity contribution in [2.24, 2.45) is 18.7 Å².